The van der Waals surface area contributed by atoms with Crippen LogP contribution in [0.1, 0.15) is 38.2 Å². The minimum atomic E-state index is -0.0723. The van der Waals surface area contributed by atoms with Gasteiger partial charge in [-0.1, -0.05) is 0 Å². The molecule has 6 heteroatoms. The molecule has 0 aromatic heterocycles. The molecule has 1 heterocycles. The van der Waals surface area contributed by atoms with Crippen LogP contribution in [0.25, 0.3) is 4.91 Å². The molecule has 4 nitrogen and oxygen atoms in total. The van der Waals surface area contributed by atoms with Gasteiger partial charge in [0, 0.05) is 0 Å². The zero-order chi connectivity index (χ0) is 18.8. The van der Waals surface area contributed by atoms with Crippen molar-refractivity contribution in [2.24, 2.45) is 5.92 Å². The molecule has 1 aromatic carbocycles. The van der Waals surface area contributed by atoms with E-state index in [2.05, 4.69) is 25.6 Å². The van der Waals surface area contributed by atoms with Gasteiger partial charge in [0.05, 0.1) is 0 Å². The Balaban J connectivity index is 1.78. The fraction of sp³-hybridized carbons (Fsp3) is 0.400. The average molecular weight is 483 g/mol. The predicted molar refractivity (Wildman–Crippen MR) is 103 cm³/mol. The summed E-state index contributed by atoms with van der Waals surface area (Å²) < 4.78 is 10.0. The number of methoxy groups -OCH3 is 1. The second-order valence-corrected chi connectivity index (χ2v) is 9.19. The van der Waals surface area contributed by atoms with Gasteiger partial charge >= 0.3 is 171 Å². The summed E-state index contributed by atoms with van der Waals surface area (Å²) >= 11 is 1.75. The Labute approximate surface area is 170 Å². The van der Waals surface area contributed by atoms with Gasteiger partial charge in [-0.15, -0.1) is 0 Å². The Morgan fingerprint density at radius 3 is 3.04 bits per heavy atom. The van der Waals surface area contributed by atoms with Gasteiger partial charge < -0.3 is 0 Å². The van der Waals surface area contributed by atoms with Crippen LogP contribution in [-0.2, 0) is 4.79 Å². The minimum absolute atomic E-state index is 0.0171. The molecule has 1 aliphatic rings. The Morgan fingerprint density at radius 1 is 1.42 bits per heavy atom. The SMILES string of the molecule is COc1cccc(C2=C[I-]C=C(CCCC(=O)[C@@H](C)CCNC#N)S2)c1. The van der Waals surface area contributed by atoms with E-state index in [0.717, 1.165) is 25.0 Å². The molecule has 0 radical (unpaired) electrons. The van der Waals surface area contributed by atoms with Crippen molar-refractivity contribution in [1.29, 1.82) is 5.26 Å². The molecular formula is C20H24IN2O2S-. The van der Waals surface area contributed by atoms with Gasteiger partial charge in [-0.3, -0.25) is 0 Å². The number of nitrogens with one attached hydrogen (secondary N) is 1. The monoisotopic (exact) mass is 483 g/mol. The number of ketones is 1. The number of thioether (sulfide) groups is 1. The van der Waals surface area contributed by atoms with Gasteiger partial charge in [-0.25, -0.2) is 0 Å². The Hall–Kier alpha value is -1.46. The summed E-state index contributed by atoms with van der Waals surface area (Å²) in [6, 6.07) is 8.18. The first-order valence-electron chi connectivity index (χ1n) is 8.62. The van der Waals surface area contributed by atoms with Crippen LogP contribution in [0.3, 0.4) is 0 Å². The zero-order valence-corrected chi connectivity index (χ0v) is 18.1. The van der Waals surface area contributed by atoms with Crippen LogP contribution in [-0.4, -0.2) is 19.4 Å². The fourth-order valence-electron chi connectivity index (χ4n) is 2.54. The molecule has 0 saturated carbocycles. The van der Waals surface area contributed by atoms with Crippen molar-refractivity contribution in [2.75, 3.05) is 13.7 Å². The third kappa shape index (κ3) is 6.69. The molecule has 0 fully saturated rings. The molecule has 140 valence electrons. The third-order valence-electron chi connectivity index (χ3n) is 4.12. The number of ether oxygens (including phenoxy) is 1. The molecule has 0 aliphatic carbocycles. The summed E-state index contributed by atoms with van der Waals surface area (Å²) in [4.78, 5) is 14.9. The van der Waals surface area contributed by atoms with Crippen LogP contribution in [0.15, 0.2) is 37.3 Å². The summed E-state index contributed by atoms with van der Waals surface area (Å²) in [7, 11) is 1.69. The molecule has 1 aliphatic heterocycles. The Kier molecular flexibility index (Phi) is 9.06. The van der Waals surface area contributed by atoms with E-state index in [1.807, 2.05) is 37.0 Å². The average Bonchev–Trinajstić information content (AvgIpc) is 2.68. The molecule has 0 bridgehead atoms. The first-order chi connectivity index (χ1) is 12.6. The van der Waals surface area contributed by atoms with E-state index in [-0.39, 0.29) is 27.1 Å². The quantitative estimate of drug-likeness (QED) is 0.237. The molecule has 1 N–H and O–H groups in total. The van der Waals surface area contributed by atoms with E-state index in [1.54, 1.807) is 7.11 Å². The molecule has 1 atom stereocenters. The second kappa shape index (κ2) is 11.3. The van der Waals surface area contributed by atoms with Gasteiger partial charge in [0.15, 0.2) is 0 Å². The fourth-order valence-corrected chi connectivity index (χ4v) is 6.43. The second-order valence-electron chi connectivity index (χ2n) is 6.06. The first-order valence-corrected chi connectivity index (χ1v) is 11.9. The number of Topliss-reactive ketones (excluding diaryl/α,β-unsaturated/α-hetero) is 1. The Bertz CT molecular complexity index is 725. The van der Waals surface area contributed by atoms with Crippen LogP contribution in [0, 0.1) is 17.4 Å². The summed E-state index contributed by atoms with van der Waals surface area (Å²) in [5.74, 6) is 1.19. The van der Waals surface area contributed by atoms with Crippen molar-refractivity contribution in [1.82, 2.24) is 5.32 Å². The summed E-state index contributed by atoms with van der Waals surface area (Å²) in [6.07, 6.45) is 5.08. The van der Waals surface area contributed by atoms with Crippen molar-refractivity contribution in [3.8, 4) is 11.9 Å². The van der Waals surface area contributed by atoms with E-state index >= 15 is 0 Å². The summed E-state index contributed by atoms with van der Waals surface area (Å²) in [6.45, 7) is 2.52. The van der Waals surface area contributed by atoms with Crippen molar-refractivity contribution < 1.29 is 30.7 Å². The molecule has 0 unspecified atom stereocenters. The van der Waals surface area contributed by atoms with Crippen LogP contribution in [0.4, 0.5) is 0 Å². The molecule has 0 saturated heterocycles. The summed E-state index contributed by atoms with van der Waals surface area (Å²) in [5, 5.41) is 11.1. The number of nitriles is 1. The number of rotatable bonds is 10. The van der Waals surface area contributed by atoms with E-state index in [4.69, 9.17) is 10.00 Å². The van der Waals surface area contributed by atoms with Crippen molar-refractivity contribution >= 4 is 22.5 Å². The van der Waals surface area contributed by atoms with Gasteiger partial charge in [-0.2, -0.15) is 0 Å². The number of hydrogen-bond donors (Lipinski definition) is 1. The van der Waals surface area contributed by atoms with Gasteiger partial charge in [0.25, 0.3) is 0 Å². The molecule has 1 aromatic rings. The van der Waals surface area contributed by atoms with E-state index in [9.17, 15) is 4.79 Å². The number of halogens is 1. The molecule has 2 rings (SSSR count). The van der Waals surface area contributed by atoms with Crippen molar-refractivity contribution in [2.45, 2.75) is 32.6 Å². The molecule has 26 heavy (non-hydrogen) atoms. The van der Waals surface area contributed by atoms with Crippen LogP contribution in [0.5, 0.6) is 5.75 Å². The van der Waals surface area contributed by atoms with Crippen LogP contribution in [0.2, 0.25) is 0 Å². The zero-order valence-electron chi connectivity index (χ0n) is 15.1. The number of hydrogen-bond acceptors (Lipinski definition) is 5. The van der Waals surface area contributed by atoms with Gasteiger partial charge in [0.1, 0.15) is 0 Å². The molecule has 0 amide bonds. The maximum atomic E-state index is 12.2. The van der Waals surface area contributed by atoms with Crippen molar-refractivity contribution in [3.05, 3.63) is 42.9 Å². The van der Waals surface area contributed by atoms with Crippen molar-refractivity contribution in [3.63, 3.8) is 0 Å². The van der Waals surface area contributed by atoms with E-state index in [1.165, 1.54) is 15.4 Å². The maximum absolute atomic E-state index is 12.2. The van der Waals surface area contributed by atoms with Gasteiger partial charge in [0.2, 0.25) is 0 Å². The number of carbonyl (C=O) groups is 1. The van der Waals surface area contributed by atoms with Gasteiger partial charge in [-0.05, 0) is 0 Å². The number of allylic oxidation sites excluding steroid dienone is 1. The topological polar surface area (TPSA) is 62.1 Å². The van der Waals surface area contributed by atoms with E-state index < -0.39 is 0 Å². The summed E-state index contributed by atoms with van der Waals surface area (Å²) in [5.41, 5.74) is 1.20. The number of carbonyl (C=O) groups excluding carboxylic acids is 1. The third-order valence-corrected chi connectivity index (χ3v) is 8.22. The predicted octanol–water partition coefficient (Wildman–Crippen LogP) is 1.51. The number of nitrogens with zero attached hydrogens (tertiary/aromatic N) is 1. The molecular weight excluding hydrogens is 459 g/mol. The molecule has 0 spiro atoms. The van der Waals surface area contributed by atoms with Crippen LogP contribution >= 0.6 is 11.8 Å². The Morgan fingerprint density at radius 2 is 2.27 bits per heavy atom. The normalized spacial score (nSPS) is 15.0. The van der Waals surface area contributed by atoms with Crippen LogP contribution < -0.4 is 31.3 Å². The first kappa shape index (κ1) is 20.8. The standard InChI is InChI=1S/C20H24IN2O2S/c1-15(9-10-23-14-22)19(24)8-4-7-18-12-21-13-20(26-18)16-5-3-6-17(11-16)25-2/h3,5-6,11-13,15,23H,4,7-10H2,1-2H3/q-1/t15-/m0/s1. The number of benzene rings is 1. The van der Waals surface area contributed by atoms with E-state index in [0.29, 0.717) is 18.7 Å².